The summed E-state index contributed by atoms with van der Waals surface area (Å²) < 4.78 is 17.5. The highest BCUT2D eigenvalue weighted by atomic mass is 16.5. The first kappa shape index (κ1) is 20.1. The maximum Gasteiger partial charge on any atom is 0.227 e. The minimum absolute atomic E-state index is 0.459. The van der Waals surface area contributed by atoms with Gasteiger partial charge in [0.05, 0.1) is 18.9 Å². The molecule has 0 atom stereocenters. The van der Waals surface area contributed by atoms with Crippen molar-refractivity contribution in [1.82, 2.24) is 9.97 Å². The van der Waals surface area contributed by atoms with Crippen LogP contribution in [0.1, 0.15) is 12.0 Å². The van der Waals surface area contributed by atoms with Crippen LogP contribution in [0, 0.1) is 0 Å². The van der Waals surface area contributed by atoms with Gasteiger partial charge in [-0.2, -0.15) is 0 Å². The van der Waals surface area contributed by atoms with Crippen LogP contribution in [0.2, 0.25) is 0 Å². The number of hydrogen-bond acceptors (Lipinski definition) is 7. The number of nitrogens with two attached hydrogens (primary N) is 1. The molecule has 2 heterocycles. The molecule has 6 bridgehead atoms. The molecule has 0 spiro atoms. The summed E-state index contributed by atoms with van der Waals surface area (Å²) in [5, 5.41) is 3.28. The number of fused-ring (bicyclic) bond motifs is 7. The lowest BCUT2D eigenvalue weighted by Crippen LogP contribution is -2.13. The summed E-state index contributed by atoms with van der Waals surface area (Å²) in [6.07, 6.45) is 3.51. The Kier molecular flexibility index (Phi) is 6.74. The number of aromatic nitrogens is 2. The quantitative estimate of drug-likeness (QED) is 0.687. The summed E-state index contributed by atoms with van der Waals surface area (Å²) in [5.74, 6) is 2.12. The molecule has 0 amide bonds. The fourth-order valence-corrected chi connectivity index (χ4v) is 3.25. The minimum atomic E-state index is 0.459. The van der Waals surface area contributed by atoms with Crippen LogP contribution in [-0.2, 0) is 11.2 Å². The van der Waals surface area contributed by atoms with E-state index >= 15 is 0 Å². The fraction of sp³-hybridized carbons (Fsp3) is 0.304. The molecule has 7 heteroatoms. The van der Waals surface area contributed by atoms with Gasteiger partial charge in [-0.05, 0) is 49.2 Å². The zero-order chi connectivity index (χ0) is 20.6. The third-order valence-electron chi connectivity index (χ3n) is 4.74. The van der Waals surface area contributed by atoms with E-state index in [0.717, 1.165) is 46.8 Å². The highest BCUT2D eigenvalue weighted by molar-refractivity contribution is 5.64. The molecule has 0 radical (unpaired) electrons. The van der Waals surface area contributed by atoms with Gasteiger partial charge in [-0.25, -0.2) is 9.97 Å². The standard InChI is InChI=1S/C23H26N4O3/c24-9-2-4-17-6-7-19-16-22(17)30-14-12-28-11-13-29-20-5-1-3-18(15-20)21-8-10-25-23(26-19)27-21/h1,3,5-8,10,15-16H,2,4,9,11-14,24H2,(H,25,26,27). The average molecular weight is 406 g/mol. The number of ether oxygens (including phenoxy) is 3. The molecule has 3 aromatic rings. The number of aryl methyl sites for hydroxylation is 1. The van der Waals surface area contributed by atoms with Crippen LogP contribution in [0.5, 0.6) is 11.5 Å². The Morgan fingerprint density at radius 1 is 0.967 bits per heavy atom. The molecule has 0 fully saturated rings. The molecule has 1 aliphatic rings. The summed E-state index contributed by atoms with van der Waals surface area (Å²) in [6, 6.07) is 15.8. The SMILES string of the molecule is NCCCc1ccc2cc1OCCOCCOc1cccc(c1)-c1ccnc(n1)N2. The first-order valence-electron chi connectivity index (χ1n) is 10.2. The molecule has 7 nitrogen and oxygen atoms in total. The second-order valence-electron chi connectivity index (χ2n) is 6.94. The van der Waals surface area contributed by atoms with E-state index in [-0.39, 0.29) is 0 Å². The minimum Gasteiger partial charge on any atom is -0.491 e. The molecule has 156 valence electrons. The number of hydrogen-bond donors (Lipinski definition) is 2. The van der Waals surface area contributed by atoms with Gasteiger partial charge >= 0.3 is 0 Å². The molecule has 2 aromatic carbocycles. The van der Waals surface area contributed by atoms with E-state index < -0.39 is 0 Å². The van der Waals surface area contributed by atoms with E-state index in [2.05, 4.69) is 21.4 Å². The Labute approximate surface area is 176 Å². The van der Waals surface area contributed by atoms with Crippen LogP contribution in [0.4, 0.5) is 11.6 Å². The van der Waals surface area contributed by atoms with E-state index in [4.69, 9.17) is 19.9 Å². The van der Waals surface area contributed by atoms with Crippen molar-refractivity contribution in [3.8, 4) is 22.8 Å². The summed E-state index contributed by atoms with van der Waals surface area (Å²) in [4.78, 5) is 9.02. The van der Waals surface area contributed by atoms with E-state index in [1.165, 1.54) is 0 Å². The van der Waals surface area contributed by atoms with Crippen molar-refractivity contribution in [2.75, 3.05) is 38.3 Å². The number of nitrogens with one attached hydrogen (secondary N) is 1. The zero-order valence-electron chi connectivity index (χ0n) is 16.8. The van der Waals surface area contributed by atoms with Gasteiger partial charge in [0.1, 0.15) is 24.7 Å². The van der Waals surface area contributed by atoms with Crippen LogP contribution in [0.3, 0.4) is 0 Å². The zero-order valence-corrected chi connectivity index (χ0v) is 16.8. The van der Waals surface area contributed by atoms with Crippen molar-refractivity contribution in [1.29, 1.82) is 0 Å². The van der Waals surface area contributed by atoms with Crippen molar-refractivity contribution >= 4 is 11.6 Å². The summed E-state index contributed by atoms with van der Waals surface area (Å²) in [5.41, 5.74) is 9.44. The Balaban J connectivity index is 1.65. The van der Waals surface area contributed by atoms with E-state index in [1.54, 1.807) is 6.20 Å². The second-order valence-corrected chi connectivity index (χ2v) is 6.94. The van der Waals surface area contributed by atoms with Crippen LogP contribution in [0.15, 0.2) is 54.7 Å². The smallest absolute Gasteiger partial charge is 0.227 e. The maximum atomic E-state index is 6.01. The van der Waals surface area contributed by atoms with Gasteiger partial charge < -0.3 is 25.3 Å². The van der Waals surface area contributed by atoms with Crippen LogP contribution in [-0.4, -0.2) is 42.9 Å². The van der Waals surface area contributed by atoms with Gasteiger partial charge in [0, 0.05) is 23.5 Å². The highest BCUT2D eigenvalue weighted by Crippen LogP contribution is 2.27. The van der Waals surface area contributed by atoms with E-state index in [0.29, 0.717) is 38.9 Å². The number of benzene rings is 2. The molecule has 0 saturated heterocycles. The monoisotopic (exact) mass is 406 g/mol. The largest absolute Gasteiger partial charge is 0.491 e. The van der Waals surface area contributed by atoms with Crippen molar-refractivity contribution < 1.29 is 14.2 Å². The summed E-state index contributed by atoms with van der Waals surface area (Å²) in [7, 11) is 0. The molecule has 0 aliphatic carbocycles. The lowest BCUT2D eigenvalue weighted by Gasteiger charge is -2.14. The van der Waals surface area contributed by atoms with Gasteiger partial charge in [0.25, 0.3) is 0 Å². The Morgan fingerprint density at radius 3 is 2.77 bits per heavy atom. The number of nitrogens with zero attached hydrogens (tertiary/aromatic N) is 2. The topological polar surface area (TPSA) is 91.5 Å². The van der Waals surface area contributed by atoms with E-state index in [9.17, 15) is 0 Å². The predicted molar refractivity (Wildman–Crippen MR) is 116 cm³/mol. The van der Waals surface area contributed by atoms with Gasteiger partial charge in [0.15, 0.2) is 0 Å². The molecule has 1 aromatic heterocycles. The molecule has 4 rings (SSSR count). The first-order valence-corrected chi connectivity index (χ1v) is 10.2. The number of rotatable bonds is 3. The number of anilines is 2. The van der Waals surface area contributed by atoms with Crippen molar-refractivity contribution in [3.05, 3.63) is 60.3 Å². The normalized spacial score (nSPS) is 14.0. The summed E-state index contributed by atoms with van der Waals surface area (Å²) >= 11 is 0. The molecular formula is C23H26N4O3. The van der Waals surface area contributed by atoms with E-state index in [1.807, 2.05) is 42.5 Å². The Morgan fingerprint density at radius 2 is 1.87 bits per heavy atom. The van der Waals surface area contributed by atoms with Gasteiger partial charge in [0.2, 0.25) is 5.95 Å². The average Bonchev–Trinajstić information content (AvgIpc) is 2.78. The van der Waals surface area contributed by atoms with Gasteiger partial charge in [-0.15, -0.1) is 0 Å². The summed E-state index contributed by atoms with van der Waals surface area (Å²) in [6.45, 7) is 2.55. The van der Waals surface area contributed by atoms with Crippen LogP contribution >= 0.6 is 0 Å². The predicted octanol–water partition coefficient (Wildman–Crippen LogP) is 3.57. The van der Waals surface area contributed by atoms with Gasteiger partial charge in [-0.3, -0.25) is 0 Å². The fourth-order valence-electron chi connectivity index (χ4n) is 3.25. The first-order chi connectivity index (χ1) is 14.8. The van der Waals surface area contributed by atoms with Crippen molar-refractivity contribution in [2.45, 2.75) is 12.8 Å². The third-order valence-corrected chi connectivity index (χ3v) is 4.74. The lowest BCUT2D eigenvalue weighted by molar-refractivity contribution is 0.0762. The molecule has 3 N–H and O–H groups in total. The van der Waals surface area contributed by atoms with Crippen molar-refractivity contribution in [2.24, 2.45) is 5.73 Å². The highest BCUT2D eigenvalue weighted by Gasteiger charge is 2.09. The van der Waals surface area contributed by atoms with Crippen molar-refractivity contribution in [3.63, 3.8) is 0 Å². The molecule has 0 unspecified atom stereocenters. The Hall–Kier alpha value is -3.16. The van der Waals surface area contributed by atoms with Gasteiger partial charge in [-0.1, -0.05) is 18.2 Å². The maximum absolute atomic E-state index is 6.01. The van der Waals surface area contributed by atoms with Crippen LogP contribution in [0.25, 0.3) is 11.3 Å². The lowest BCUT2D eigenvalue weighted by atomic mass is 10.1. The third kappa shape index (κ3) is 5.25. The molecule has 30 heavy (non-hydrogen) atoms. The second kappa shape index (κ2) is 10.0. The Bertz CT molecular complexity index is 980. The molecular weight excluding hydrogens is 380 g/mol. The molecule has 1 aliphatic heterocycles. The van der Waals surface area contributed by atoms with Crippen LogP contribution < -0.4 is 20.5 Å². The molecule has 0 saturated carbocycles.